The molecule has 1 unspecified atom stereocenters. The molecule has 0 saturated heterocycles. The molecular weight excluding hydrogens is 434 g/mol. The number of nitrogens with zero attached hydrogens (tertiary/aromatic N) is 3. The minimum absolute atomic E-state index is 0.0175. The Bertz CT molecular complexity index is 1150. The van der Waals surface area contributed by atoms with E-state index in [9.17, 15) is 18.4 Å². The van der Waals surface area contributed by atoms with Crippen LogP contribution < -0.4 is 16.2 Å². The normalized spacial score (nSPS) is 11.7. The summed E-state index contributed by atoms with van der Waals surface area (Å²) in [5.41, 5.74) is 4.55. The number of hydrogen-bond donors (Lipinski definition) is 3. The molecule has 0 aliphatic heterocycles. The molecule has 31 heavy (non-hydrogen) atoms. The lowest BCUT2D eigenvalue weighted by Crippen LogP contribution is -2.46. The fourth-order valence-corrected chi connectivity index (χ4v) is 2.99. The van der Waals surface area contributed by atoms with Crippen LogP contribution in [-0.4, -0.2) is 27.1 Å². The number of halogens is 3. The van der Waals surface area contributed by atoms with E-state index in [1.165, 1.54) is 26.1 Å². The first-order valence-corrected chi connectivity index (χ1v) is 9.32. The Hall–Kier alpha value is -3.60. The quantitative estimate of drug-likeness (QED) is 0.523. The molecule has 0 spiro atoms. The lowest BCUT2D eigenvalue weighted by molar-refractivity contribution is -0.119. The number of nitrogens with one attached hydrogen (secondary N) is 3. The molecule has 0 saturated carbocycles. The molecule has 3 aromatic rings. The first kappa shape index (κ1) is 22.1. The monoisotopic (exact) mass is 450 g/mol. The molecule has 0 aliphatic carbocycles. The maximum absolute atomic E-state index is 14.8. The maximum atomic E-state index is 14.8. The Kier molecular flexibility index (Phi) is 6.44. The number of hydrogen-bond acceptors (Lipinski definition) is 6. The Morgan fingerprint density at radius 2 is 1.90 bits per heavy atom. The summed E-state index contributed by atoms with van der Waals surface area (Å²) in [5.74, 6) is -1.72. The molecule has 3 amide bonds. The van der Waals surface area contributed by atoms with Gasteiger partial charge in [-0.05, 0) is 30.7 Å². The number of aryl methyl sites for hydroxylation is 1. The SMILES string of the molecule is CC(=O)NNC(=O)NC(C)c1ncc(-c2cc(Cl)cc(F)c2-c2noc(C)n2)cc1F. The Morgan fingerprint density at radius 1 is 1.16 bits per heavy atom. The van der Waals surface area contributed by atoms with Crippen molar-refractivity contribution in [2.45, 2.75) is 26.8 Å². The summed E-state index contributed by atoms with van der Waals surface area (Å²) in [5, 5.41) is 6.24. The van der Waals surface area contributed by atoms with Crippen LogP contribution in [0.3, 0.4) is 0 Å². The van der Waals surface area contributed by atoms with Gasteiger partial charge in [-0.15, -0.1) is 0 Å². The van der Waals surface area contributed by atoms with E-state index in [4.69, 9.17) is 16.1 Å². The third kappa shape index (κ3) is 5.12. The van der Waals surface area contributed by atoms with E-state index in [1.807, 2.05) is 0 Å². The number of hydrazine groups is 1. The second-order valence-corrected chi connectivity index (χ2v) is 6.98. The zero-order chi connectivity index (χ0) is 22.7. The van der Waals surface area contributed by atoms with Gasteiger partial charge in [-0.1, -0.05) is 16.8 Å². The number of pyridine rings is 1. The molecule has 1 atom stereocenters. The second kappa shape index (κ2) is 9.04. The van der Waals surface area contributed by atoms with Gasteiger partial charge in [0, 0.05) is 30.6 Å². The highest BCUT2D eigenvalue weighted by molar-refractivity contribution is 6.31. The maximum Gasteiger partial charge on any atom is 0.334 e. The van der Waals surface area contributed by atoms with E-state index in [-0.39, 0.29) is 39.1 Å². The summed E-state index contributed by atoms with van der Waals surface area (Å²) in [7, 11) is 0. The molecule has 0 aliphatic rings. The lowest BCUT2D eigenvalue weighted by Gasteiger charge is -2.16. The molecular formula is C19H17ClF2N6O3. The molecule has 2 aromatic heterocycles. The van der Waals surface area contributed by atoms with E-state index in [2.05, 4.69) is 31.3 Å². The average molecular weight is 451 g/mol. The third-order valence-electron chi connectivity index (χ3n) is 4.10. The summed E-state index contributed by atoms with van der Waals surface area (Å²) in [4.78, 5) is 30.7. The summed E-state index contributed by atoms with van der Waals surface area (Å²) in [6.45, 7) is 4.27. The number of amides is 3. The van der Waals surface area contributed by atoms with Crippen molar-refractivity contribution in [1.29, 1.82) is 0 Å². The Morgan fingerprint density at radius 3 is 2.52 bits per heavy atom. The van der Waals surface area contributed by atoms with Crippen LogP contribution in [0.5, 0.6) is 0 Å². The van der Waals surface area contributed by atoms with Gasteiger partial charge in [0.1, 0.15) is 11.6 Å². The minimum atomic E-state index is -0.835. The zero-order valence-corrected chi connectivity index (χ0v) is 17.3. The Balaban J connectivity index is 1.93. The Labute approximate surface area is 180 Å². The highest BCUT2D eigenvalue weighted by Crippen LogP contribution is 2.36. The molecule has 3 N–H and O–H groups in total. The van der Waals surface area contributed by atoms with Gasteiger partial charge in [0.25, 0.3) is 0 Å². The standard InChI is InChI=1S/C19H17ClF2N6O3/c1-8(24-19(30)27-26-9(2)29)17-15(22)4-11(7-23-17)13-5-12(20)6-14(21)16(13)18-25-10(3)31-28-18/h4-8H,1-3H3,(H,26,29)(H2,24,27,30). The fraction of sp³-hybridized carbons (Fsp3) is 0.211. The number of aromatic nitrogens is 3. The smallest absolute Gasteiger partial charge is 0.334 e. The topological polar surface area (TPSA) is 122 Å². The average Bonchev–Trinajstić information content (AvgIpc) is 3.11. The molecule has 3 rings (SSSR count). The van der Waals surface area contributed by atoms with Crippen LogP contribution in [0.1, 0.15) is 31.5 Å². The molecule has 0 fully saturated rings. The van der Waals surface area contributed by atoms with Crippen molar-refractivity contribution in [3.05, 3.63) is 52.6 Å². The molecule has 0 bridgehead atoms. The minimum Gasteiger partial charge on any atom is -0.339 e. The van der Waals surface area contributed by atoms with Gasteiger partial charge in [0.05, 0.1) is 17.3 Å². The van der Waals surface area contributed by atoms with Gasteiger partial charge >= 0.3 is 6.03 Å². The summed E-state index contributed by atoms with van der Waals surface area (Å²) >= 11 is 5.99. The predicted molar refractivity (Wildman–Crippen MR) is 107 cm³/mol. The number of carbonyl (C=O) groups is 2. The van der Waals surface area contributed by atoms with Crippen molar-refractivity contribution in [2.24, 2.45) is 0 Å². The van der Waals surface area contributed by atoms with Crippen molar-refractivity contribution in [1.82, 2.24) is 31.3 Å². The van der Waals surface area contributed by atoms with Crippen LogP contribution in [-0.2, 0) is 4.79 Å². The van der Waals surface area contributed by atoms with Crippen molar-refractivity contribution in [2.75, 3.05) is 0 Å². The predicted octanol–water partition coefficient (Wildman–Crippen LogP) is 3.45. The van der Waals surface area contributed by atoms with Crippen LogP contribution in [0.2, 0.25) is 5.02 Å². The first-order valence-electron chi connectivity index (χ1n) is 8.94. The molecule has 2 heterocycles. The number of carbonyl (C=O) groups excluding carboxylic acids is 2. The highest BCUT2D eigenvalue weighted by atomic mass is 35.5. The fourth-order valence-electron chi connectivity index (χ4n) is 2.79. The van der Waals surface area contributed by atoms with Crippen molar-refractivity contribution < 1.29 is 22.9 Å². The van der Waals surface area contributed by atoms with E-state index in [0.29, 0.717) is 0 Å². The zero-order valence-electron chi connectivity index (χ0n) is 16.6. The van der Waals surface area contributed by atoms with Crippen molar-refractivity contribution >= 4 is 23.5 Å². The van der Waals surface area contributed by atoms with Crippen molar-refractivity contribution in [3.63, 3.8) is 0 Å². The summed E-state index contributed by atoms with van der Waals surface area (Å²) in [6, 6.07) is 2.07. The summed E-state index contributed by atoms with van der Waals surface area (Å²) < 4.78 is 34.4. The third-order valence-corrected chi connectivity index (χ3v) is 4.31. The summed E-state index contributed by atoms with van der Waals surface area (Å²) in [6.07, 6.45) is 1.31. The molecule has 12 heteroatoms. The first-order chi connectivity index (χ1) is 14.7. The number of benzene rings is 1. The van der Waals surface area contributed by atoms with Crippen LogP contribution >= 0.6 is 11.6 Å². The van der Waals surface area contributed by atoms with Gasteiger partial charge in [0.2, 0.25) is 17.6 Å². The van der Waals surface area contributed by atoms with E-state index in [1.54, 1.807) is 6.92 Å². The van der Waals surface area contributed by atoms with Gasteiger partial charge in [-0.25, -0.2) is 19.0 Å². The number of rotatable bonds is 4. The van der Waals surface area contributed by atoms with E-state index < -0.39 is 29.6 Å². The molecule has 1 aromatic carbocycles. The van der Waals surface area contributed by atoms with Gasteiger partial charge in [-0.2, -0.15) is 4.98 Å². The van der Waals surface area contributed by atoms with Gasteiger partial charge < -0.3 is 9.84 Å². The highest BCUT2D eigenvalue weighted by Gasteiger charge is 2.21. The van der Waals surface area contributed by atoms with Gasteiger partial charge in [0.15, 0.2) is 0 Å². The van der Waals surface area contributed by atoms with Gasteiger partial charge in [-0.3, -0.25) is 15.2 Å². The van der Waals surface area contributed by atoms with E-state index >= 15 is 0 Å². The molecule has 9 nitrogen and oxygen atoms in total. The lowest BCUT2D eigenvalue weighted by atomic mass is 9.99. The van der Waals surface area contributed by atoms with Crippen LogP contribution in [0.4, 0.5) is 13.6 Å². The molecule has 162 valence electrons. The number of urea groups is 1. The largest absolute Gasteiger partial charge is 0.339 e. The van der Waals surface area contributed by atoms with Crippen LogP contribution in [0.25, 0.3) is 22.5 Å². The van der Waals surface area contributed by atoms with E-state index in [0.717, 1.165) is 12.1 Å². The van der Waals surface area contributed by atoms with Crippen LogP contribution in [0, 0.1) is 18.6 Å². The van der Waals surface area contributed by atoms with Crippen molar-refractivity contribution in [3.8, 4) is 22.5 Å². The molecule has 0 radical (unpaired) electrons. The second-order valence-electron chi connectivity index (χ2n) is 6.54. The van der Waals surface area contributed by atoms with Crippen LogP contribution in [0.15, 0.2) is 28.9 Å².